The number of amides is 4. The summed E-state index contributed by atoms with van der Waals surface area (Å²) in [7, 11) is 0. The first kappa shape index (κ1) is 37.9. The molecule has 5 aromatic rings. The normalized spacial score (nSPS) is 26.6. The van der Waals surface area contributed by atoms with Crippen molar-refractivity contribution < 1.29 is 55.4 Å². The van der Waals surface area contributed by atoms with E-state index in [1.807, 2.05) is 6.07 Å². The van der Waals surface area contributed by atoms with Crippen molar-refractivity contribution >= 4 is 69.3 Å². The third-order valence-electron chi connectivity index (χ3n) is 11.5. The van der Waals surface area contributed by atoms with Gasteiger partial charge in [0.15, 0.2) is 38.6 Å². The van der Waals surface area contributed by atoms with Crippen LogP contribution in [-0.4, -0.2) is 56.7 Å². The molecule has 2 aliphatic carbocycles. The molecule has 1 N–H and O–H groups in total. The number of halogens is 7. The Morgan fingerprint density at radius 3 is 2.14 bits per heavy atom. The fourth-order valence-corrected chi connectivity index (χ4v) is 9.85. The van der Waals surface area contributed by atoms with Crippen LogP contribution in [0.4, 0.5) is 33.3 Å². The Labute approximate surface area is 334 Å². The van der Waals surface area contributed by atoms with E-state index >= 15 is 8.78 Å². The molecule has 17 heteroatoms. The third-order valence-corrected chi connectivity index (χ3v) is 12.9. The highest BCUT2D eigenvalue weighted by Gasteiger charge is 2.77. The van der Waals surface area contributed by atoms with Gasteiger partial charge in [0.25, 0.3) is 11.8 Å². The van der Waals surface area contributed by atoms with Crippen molar-refractivity contribution in [2.24, 2.45) is 17.8 Å². The molecule has 6 unspecified atom stereocenters. The molecular formula is C41H26Cl2F5N3O7. The molecule has 0 bridgehead atoms. The SMILES string of the molecule is O=C1C2CC=C3C(CC4(Cl)C(=O)N(c5c(F)c(F)c(F)c(F)c5F)C(=O)C4(Cl)C3c3ccccc3OCCO)C2C(=O)N1c1ccc(-c2nc3ccccc3o2)cc1. The lowest BCUT2D eigenvalue weighted by Gasteiger charge is -2.50. The first-order valence-electron chi connectivity index (χ1n) is 17.9. The van der Waals surface area contributed by atoms with Crippen molar-refractivity contribution in [1.29, 1.82) is 0 Å². The predicted molar refractivity (Wildman–Crippen MR) is 197 cm³/mol. The summed E-state index contributed by atoms with van der Waals surface area (Å²) in [4.78, 5) is 57.6. The van der Waals surface area contributed by atoms with E-state index in [0.717, 1.165) is 4.90 Å². The molecule has 3 fully saturated rings. The lowest BCUT2D eigenvalue weighted by Crippen LogP contribution is -2.60. The molecule has 10 nitrogen and oxygen atoms in total. The number of carbonyl (C=O) groups excluding carboxylic acids is 4. The van der Waals surface area contributed by atoms with Gasteiger partial charge in [-0.2, -0.15) is 0 Å². The smallest absolute Gasteiger partial charge is 0.258 e. The zero-order valence-electron chi connectivity index (χ0n) is 29.5. The van der Waals surface area contributed by atoms with Crippen LogP contribution in [0.3, 0.4) is 0 Å². The number of imide groups is 2. The van der Waals surface area contributed by atoms with Crippen molar-refractivity contribution in [2.75, 3.05) is 23.0 Å². The Morgan fingerprint density at radius 2 is 1.45 bits per heavy atom. The summed E-state index contributed by atoms with van der Waals surface area (Å²) >= 11 is 14.5. The summed E-state index contributed by atoms with van der Waals surface area (Å²) in [5, 5.41) is 9.56. The van der Waals surface area contributed by atoms with Gasteiger partial charge in [-0.05, 0) is 61.2 Å². The first-order valence-corrected chi connectivity index (χ1v) is 18.6. The molecule has 296 valence electrons. The van der Waals surface area contributed by atoms with Gasteiger partial charge in [0.1, 0.15) is 23.6 Å². The van der Waals surface area contributed by atoms with Gasteiger partial charge in [0.05, 0.1) is 24.1 Å². The van der Waals surface area contributed by atoms with E-state index in [4.69, 9.17) is 32.4 Å². The van der Waals surface area contributed by atoms with Crippen molar-refractivity contribution in [2.45, 2.75) is 28.5 Å². The van der Waals surface area contributed by atoms with Gasteiger partial charge < -0.3 is 14.3 Å². The van der Waals surface area contributed by atoms with Crippen LogP contribution in [0.15, 0.2) is 88.9 Å². The van der Waals surface area contributed by atoms with E-state index in [1.54, 1.807) is 42.5 Å². The van der Waals surface area contributed by atoms with E-state index in [1.165, 1.54) is 30.3 Å². The molecule has 4 aliphatic rings. The van der Waals surface area contributed by atoms with Crippen LogP contribution < -0.4 is 14.5 Å². The van der Waals surface area contributed by atoms with Gasteiger partial charge in [-0.3, -0.25) is 24.1 Å². The summed E-state index contributed by atoms with van der Waals surface area (Å²) in [6.07, 6.45) is 0.867. The first-order chi connectivity index (χ1) is 27.7. The van der Waals surface area contributed by atoms with Crippen molar-refractivity contribution in [3.63, 3.8) is 0 Å². The fraction of sp³-hybridized carbons (Fsp3) is 0.244. The molecule has 1 aromatic heterocycles. The quantitative estimate of drug-likeness (QED) is 0.0451. The number of nitrogens with zero attached hydrogens (tertiary/aromatic N) is 3. The molecule has 1 saturated carbocycles. The van der Waals surface area contributed by atoms with Crippen LogP contribution in [0.5, 0.6) is 5.75 Å². The lowest BCUT2D eigenvalue weighted by atomic mass is 9.56. The highest BCUT2D eigenvalue weighted by molar-refractivity contribution is 6.58. The Hall–Kier alpha value is -5.64. The van der Waals surface area contributed by atoms with Crippen LogP contribution in [0.2, 0.25) is 0 Å². The van der Waals surface area contributed by atoms with Gasteiger partial charge in [-0.25, -0.2) is 31.8 Å². The van der Waals surface area contributed by atoms with E-state index in [2.05, 4.69) is 4.98 Å². The zero-order chi connectivity index (χ0) is 41.0. The van der Waals surface area contributed by atoms with Crippen molar-refractivity contribution in [1.82, 2.24) is 4.98 Å². The molecular weight excluding hydrogens is 812 g/mol. The topological polar surface area (TPSA) is 130 Å². The average molecular weight is 839 g/mol. The molecule has 0 radical (unpaired) electrons. The number of aliphatic hydroxyl groups is 1. The predicted octanol–water partition coefficient (Wildman–Crippen LogP) is 7.33. The molecule has 3 heterocycles. The number of ether oxygens (including phenoxy) is 1. The minimum absolute atomic E-state index is 0.0358. The van der Waals surface area contributed by atoms with Gasteiger partial charge in [0.2, 0.25) is 23.5 Å². The second-order valence-corrected chi connectivity index (χ2v) is 15.6. The summed E-state index contributed by atoms with van der Waals surface area (Å²) in [6.45, 7) is -0.706. The monoisotopic (exact) mass is 837 g/mol. The highest BCUT2D eigenvalue weighted by atomic mass is 35.5. The van der Waals surface area contributed by atoms with E-state index < -0.39 is 105 Å². The van der Waals surface area contributed by atoms with Gasteiger partial charge in [-0.15, -0.1) is 23.2 Å². The zero-order valence-corrected chi connectivity index (χ0v) is 31.0. The minimum Gasteiger partial charge on any atom is -0.491 e. The van der Waals surface area contributed by atoms with Crippen molar-refractivity contribution in [3.05, 3.63) is 119 Å². The maximum Gasteiger partial charge on any atom is 0.258 e. The molecule has 9 rings (SSSR count). The number of anilines is 2. The second kappa shape index (κ2) is 13.5. The number of aliphatic hydroxyl groups excluding tert-OH is 1. The Balaban J connectivity index is 1.15. The number of fused-ring (bicyclic) bond motifs is 5. The van der Waals surface area contributed by atoms with Crippen LogP contribution in [0, 0.1) is 46.8 Å². The number of allylic oxidation sites excluding steroid dienone is 2. The van der Waals surface area contributed by atoms with E-state index in [9.17, 15) is 37.5 Å². The van der Waals surface area contributed by atoms with Crippen molar-refractivity contribution in [3.8, 4) is 17.2 Å². The number of rotatable bonds is 7. The number of aromatic nitrogens is 1. The average Bonchev–Trinajstić information content (AvgIpc) is 3.82. The molecule has 58 heavy (non-hydrogen) atoms. The molecule has 0 spiro atoms. The fourth-order valence-electron chi connectivity index (χ4n) is 8.92. The summed E-state index contributed by atoms with van der Waals surface area (Å²) in [6, 6.07) is 19.5. The highest BCUT2D eigenvalue weighted by Crippen LogP contribution is 2.67. The molecule has 2 aliphatic heterocycles. The number of hydrogen-bond acceptors (Lipinski definition) is 8. The summed E-state index contributed by atoms with van der Waals surface area (Å²) in [5.74, 6) is -21.3. The summed E-state index contributed by atoms with van der Waals surface area (Å²) < 4.78 is 85.7. The maximum absolute atomic E-state index is 15.4. The third kappa shape index (κ3) is 5.08. The van der Waals surface area contributed by atoms with Crippen LogP contribution >= 0.6 is 23.2 Å². The standard InChI is InChI=1S/C41H26Cl2F5N3O7/c42-40-17-23-20(13-14-22-27(23)37(54)50(36(22)53)19-11-9-18(10-12-19)35-49-24-6-2-4-8-26(24)58-35)28(21-5-1-3-7-25(21)57-16-15-52)41(40,43)39(56)51(38(40)55)34-32(47)30(45)29(44)31(46)33(34)48/h1-13,22-23,27-28,52H,14-17H2. The number of carbonyl (C=O) groups is 4. The number of alkyl halides is 2. The second-order valence-electron chi connectivity index (χ2n) is 14.3. The number of benzene rings is 4. The molecule has 4 amide bonds. The number of hydrogen-bond donors (Lipinski definition) is 1. The number of para-hydroxylation sites is 3. The largest absolute Gasteiger partial charge is 0.491 e. The molecule has 4 aromatic carbocycles. The Bertz CT molecular complexity index is 2600. The van der Waals surface area contributed by atoms with E-state index in [0.29, 0.717) is 22.6 Å². The molecule has 2 saturated heterocycles. The summed E-state index contributed by atoms with van der Waals surface area (Å²) in [5.41, 5.74) is 0.419. The van der Waals surface area contributed by atoms with Gasteiger partial charge >= 0.3 is 0 Å². The molecule has 6 atom stereocenters. The number of oxazole rings is 1. The maximum atomic E-state index is 15.4. The van der Waals surface area contributed by atoms with Crippen LogP contribution in [0.1, 0.15) is 24.3 Å². The van der Waals surface area contributed by atoms with Gasteiger partial charge in [-0.1, -0.05) is 42.0 Å². The van der Waals surface area contributed by atoms with Gasteiger partial charge in [0, 0.05) is 17.0 Å². The van der Waals surface area contributed by atoms with Crippen LogP contribution in [0.25, 0.3) is 22.6 Å². The Morgan fingerprint density at radius 1 is 0.793 bits per heavy atom. The minimum atomic E-state index is -2.73. The Kier molecular flexibility index (Phi) is 8.80. The van der Waals surface area contributed by atoms with E-state index in [-0.39, 0.29) is 40.5 Å². The van der Waals surface area contributed by atoms with Crippen LogP contribution in [-0.2, 0) is 19.2 Å². The lowest BCUT2D eigenvalue weighted by molar-refractivity contribution is -0.125.